The summed E-state index contributed by atoms with van der Waals surface area (Å²) in [4.78, 5) is 27.8. The monoisotopic (exact) mass is 887 g/mol. The van der Waals surface area contributed by atoms with Crippen molar-refractivity contribution in [2.24, 2.45) is 16.7 Å². The van der Waals surface area contributed by atoms with Gasteiger partial charge in [-0.3, -0.25) is 4.79 Å². The van der Waals surface area contributed by atoms with Crippen LogP contribution in [-0.4, -0.2) is 98.8 Å². The Morgan fingerprint density at radius 2 is 1.47 bits per heavy atom. The van der Waals surface area contributed by atoms with Gasteiger partial charge >= 0.3 is 11.9 Å². The van der Waals surface area contributed by atoms with Gasteiger partial charge in [-0.1, -0.05) is 80.5 Å². The molecule has 0 amide bonds. The van der Waals surface area contributed by atoms with Gasteiger partial charge in [0.15, 0.2) is 28.0 Å². The van der Waals surface area contributed by atoms with Gasteiger partial charge in [-0.05, 0) is 112 Å². The fourth-order valence-corrected chi connectivity index (χ4v) is 17.9. The summed E-state index contributed by atoms with van der Waals surface area (Å²) in [6.45, 7) is 33.2. The van der Waals surface area contributed by atoms with Crippen molar-refractivity contribution >= 4 is 37.6 Å². The molecule has 0 N–H and O–H groups in total. The first-order valence-corrected chi connectivity index (χ1v) is 30.6. The molecule has 339 valence electrons. The van der Waals surface area contributed by atoms with E-state index in [2.05, 4.69) is 82.3 Å². The zero-order valence-corrected chi connectivity index (χ0v) is 42.8. The van der Waals surface area contributed by atoms with E-state index < -0.39 is 90.2 Å². The second-order valence-corrected chi connectivity index (χ2v) is 31.2. The number of benzene rings is 1. The van der Waals surface area contributed by atoms with E-state index in [-0.39, 0.29) is 18.8 Å². The summed E-state index contributed by atoms with van der Waals surface area (Å²) in [5.41, 5.74) is 0.141. The van der Waals surface area contributed by atoms with Gasteiger partial charge < -0.3 is 37.0 Å². The molecular formula is C47H79O10Si3. The molecule has 8 unspecified atom stereocenters. The highest BCUT2D eigenvalue weighted by molar-refractivity contribution is 6.74. The lowest BCUT2D eigenvalue weighted by Gasteiger charge is -2.67. The largest absolute Gasteiger partial charge is 0.458 e. The fourth-order valence-electron chi connectivity index (χ4n) is 11.5. The number of carbonyl (C=O) groups is 2. The van der Waals surface area contributed by atoms with E-state index >= 15 is 0 Å². The summed E-state index contributed by atoms with van der Waals surface area (Å²) in [6, 6.07) is 15.1. The molecule has 60 heavy (non-hydrogen) atoms. The van der Waals surface area contributed by atoms with Crippen LogP contribution in [0.15, 0.2) is 41.5 Å². The van der Waals surface area contributed by atoms with Crippen molar-refractivity contribution in [2.45, 2.75) is 207 Å². The lowest BCUT2D eigenvalue weighted by Crippen LogP contribution is -2.79. The molecule has 5 rings (SSSR count). The number of hydrogen-bond donors (Lipinski definition) is 0. The van der Waals surface area contributed by atoms with E-state index in [9.17, 15) is 9.59 Å². The van der Waals surface area contributed by atoms with Crippen LogP contribution in [-0.2, 0) is 41.8 Å². The zero-order valence-electron chi connectivity index (χ0n) is 39.8. The number of hydrogen-bond acceptors (Lipinski definition) is 10. The van der Waals surface area contributed by atoms with E-state index in [1.54, 1.807) is 12.1 Å². The van der Waals surface area contributed by atoms with Crippen molar-refractivity contribution in [3.63, 3.8) is 0 Å². The number of rotatable bonds is 18. The minimum Gasteiger partial charge on any atom is -0.458 e. The van der Waals surface area contributed by atoms with Gasteiger partial charge in [0.05, 0.1) is 36.4 Å². The Morgan fingerprint density at radius 1 is 0.867 bits per heavy atom. The van der Waals surface area contributed by atoms with Crippen molar-refractivity contribution in [3.05, 3.63) is 47.0 Å². The summed E-state index contributed by atoms with van der Waals surface area (Å²) >= 11 is 0. The van der Waals surface area contributed by atoms with E-state index in [0.717, 1.165) is 53.8 Å². The first kappa shape index (κ1) is 49.3. The Bertz CT molecular complexity index is 1640. The van der Waals surface area contributed by atoms with E-state index in [1.165, 1.54) is 6.92 Å². The Hall–Kier alpha value is -1.69. The molecule has 2 aliphatic heterocycles. The summed E-state index contributed by atoms with van der Waals surface area (Å²) in [5, 5.41) is 0. The van der Waals surface area contributed by atoms with Crippen molar-refractivity contribution in [1.82, 2.24) is 0 Å². The van der Waals surface area contributed by atoms with Gasteiger partial charge in [0.1, 0.15) is 18.3 Å². The third-order valence-corrected chi connectivity index (χ3v) is 25.2. The smallest absolute Gasteiger partial charge is 0.338 e. The summed E-state index contributed by atoms with van der Waals surface area (Å²) in [7, 11) is -5.32. The first-order chi connectivity index (χ1) is 28.2. The van der Waals surface area contributed by atoms with Crippen molar-refractivity contribution in [3.8, 4) is 0 Å². The van der Waals surface area contributed by atoms with Crippen LogP contribution in [0.5, 0.6) is 0 Å². The van der Waals surface area contributed by atoms with Crippen molar-refractivity contribution < 1.29 is 46.6 Å². The Labute approximate surface area is 366 Å². The highest BCUT2D eigenvalue weighted by Gasteiger charge is 2.76. The zero-order chi connectivity index (χ0) is 44.5. The van der Waals surface area contributed by atoms with Gasteiger partial charge in [-0.2, -0.15) is 0 Å². The van der Waals surface area contributed by atoms with Crippen LogP contribution in [0, 0.1) is 16.7 Å². The number of esters is 2. The lowest BCUT2D eigenvalue weighted by atomic mass is 9.48. The third-order valence-electron chi connectivity index (χ3n) is 15.1. The highest BCUT2D eigenvalue weighted by Crippen LogP contribution is 2.65. The molecule has 0 spiro atoms. The van der Waals surface area contributed by atoms with Crippen LogP contribution >= 0.6 is 0 Å². The average molecular weight is 888 g/mol. The first-order valence-electron chi connectivity index (χ1n) is 23.1. The van der Waals surface area contributed by atoms with Crippen LogP contribution in [0.2, 0.25) is 49.4 Å². The maximum absolute atomic E-state index is 14.5. The topological polar surface area (TPSA) is 108 Å². The Morgan fingerprint density at radius 3 is 1.98 bits per heavy atom. The minimum atomic E-state index is -2.28. The predicted molar refractivity (Wildman–Crippen MR) is 243 cm³/mol. The summed E-state index contributed by atoms with van der Waals surface area (Å²) < 4.78 is 56.1. The van der Waals surface area contributed by atoms with E-state index in [4.69, 9.17) is 37.0 Å². The normalized spacial score (nSPS) is 32.4. The van der Waals surface area contributed by atoms with Gasteiger partial charge in [-0.25, -0.2) is 4.79 Å². The standard InChI is InChI=1S/C47H79O10Si3/c1-16-59(17-2,18-3)56-35(27-28-51-58(14)15)32(7)39-40-42(55-45(11,12)54-40)46(13)37(57-60(19-4,20-5)21-6)29-38-47(31-50-38,53-33(8)48)41(46)36(30-44(39,9)10)52-43(49)34-25-23-22-24-26-34/h22-26,35-38,40-42H,16-21,27-31H2,1-15H3/b39-32-/t35?,36?,37?,38?,40?,41?,42?,46-,47?/m1/s1. The number of fused-ring (bicyclic) bond motifs is 5. The maximum Gasteiger partial charge on any atom is 0.338 e. The van der Waals surface area contributed by atoms with Crippen LogP contribution < -0.4 is 0 Å². The van der Waals surface area contributed by atoms with E-state index in [0.29, 0.717) is 25.0 Å². The molecule has 2 saturated carbocycles. The molecule has 9 atom stereocenters. The molecule has 2 saturated heterocycles. The highest BCUT2D eigenvalue weighted by atomic mass is 28.4. The number of carbonyl (C=O) groups excluding carboxylic acids is 2. The Balaban J connectivity index is 1.84. The SMILES string of the molecule is CC[Si](CC)(CC)OC(CCO[Si](C)C)/C(C)=C1/C2OC(C)(C)OC2[C@]2(C)C(O[Si](CC)(CC)CC)CC3OCC3(OC(C)=O)C2C(OC(=O)c2ccccc2)CC1(C)C. The van der Waals surface area contributed by atoms with Gasteiger partial charge in [0.2, 0.25) is 9.04 Å². The molecule has 1 radical (unpaired) electrons. The average Bonchev–Trinajstić information content (AvgIpc) is 3.52. The van der Waals surface area contributed by atoms with Gasteiger partial charge in [0, 0.05) is 25.4 Å². The molecule has 4 fully saturated rings. The minimum absolute atomic E-state index is 0.192. The second kappa shape index (κ2) is 19.2. The van der Waals surface area contributed by atoms with Crippen molar-refractivity contribution in [1.29, 1.82) is 0 Å². The molecule has 2 aliphatic carbocycles. The fraction of sp³-hybridized carbons (Fsp3) is 0.787. The summed E-state index contributed by atoms with van der Waals surface area (Å²) in [5.74, 6) is -2.34. The third kappa shape index (κ3) is 9.55. The van der Waals surface area contributed by atoms with Crippen LogP contribution in [0.25, 0.3) is 0 Å². The number of ether oxygens (including phenoxy) is 5. The van der Waals surface area contributed by atoms with E-state index in [1.807, 2.05) is 32.0 Å². The predicted octanol–water partition coefficient (Wildman–Crippen LogP) is 10.6. The molecule has 4 aliphatic rings. The molecule has 1 aromatic carbocycles. The van der Waals surface area contributed by atoms with Crippen molar-refractivity contribution in [2.75, 3.05) is 13.2 Å². The van der Waals surface area contributed by atoms with Gasteiger partial charge in [-0.15, -0.1) is 0 Å². The molecular weight excluding hydrogens is 809 g/mol. The molecule has 0 bridgehead atoms. The van der Waals surface area contributed by atoms with Crippen LogP contribution in [0.1, 0.15) is 120 Å². The Kier molecular flexibility index (Phi) is 15.8. The molecule has 1 aromatic rings. The van der Waals surface area contributed by atoms with Crippen LogP contribution in [0.4, 0.5) is 0 Å². The summed E-state index contributed by atoms with van der Waals surface area (Å²) in [6.07, 6.45) is -1.14. The second-order valence-electron chi connectivity index (χ2n) is 19.6. The quantitative estimate of drug-likeness (QED) is 0.0803. The molecule has 0 aromatic heterocycles. The van der Waals surface area contributed by atoms with Crippen LogP contribution in [0.3, 0.4) is 0 Å². The van der Waals surface area contributed by atoms with Gasteiger partial charge in [0.25, 0.3) is 0 Å². The maximum atomic E-state index is 14.5. The molecule has 2 heterocycles. The lowest BCUT2D eigenvalue weighted by molar-refractivity contribution is -0.347. The molecule has 13 heteroatoms. The molecule has 10 nitrogen and oxygen atoms in total.